The maximum Gasteiger partial charge on any atom is 0.323 e. The fourth-order valence-corrected chi connectivity index (χ4v) is 2.75. The molecule has 0 aliphatic carbocycles. The normalized spacial score (nSPS) is 12.6. The minimum absolute atomic E-state index is 0. The van der Waals surface area contributed by atoms with Gasteiger partial charge < -0.3 is 15.8 Å². The van der Waals surface area contributed by atoms with Gasteiger partial charge in [-0.25, -0.2) is 4.79 Å². The quantitative estimate of drug-likeness (QED) is 0.655. The number of primary amides is 1. The molecule has 1 aromatic heterocycles. The van der Waals surface area contributed by atoms with Crippen LogP contribution in [0.25, 0.3) is 10.9 Å². The summed E-state index contributed by atoms with van der Waals surface area (Å²) in [4.78, 5) is 17.7. The number of aromatic nitrogens is 1. The third-order valence-corrected chi connectivity index (χ3v) is 3.95. The predicted octanol–water partition coefficient (Wildman–Crippen LogP) is 3.90. The van der Waals surface area contributed by atoms with Crippen LogP contribution in [0.2, 0.25) is 0 Å². The van der Waals surface area contributed by atoms with Crippen molar-refractivity contribution >= 4 is 53.1 Å². The zero-order valence-corrected chi connectivity index (χ0v) is 16.9. The van der Waals surface area contributed by atoms with Crippen LogP contribution < -0.4 is 16.0 Å². The largest absolute Gasteiger partial charge is 0.379 e. The average molecular weight is 423 g/mol. The van der Waals surface area contributed by atoms with Crippen LogP contribution in [0.3, 0.4) is 0 Å². The summed E-state index contributed by atoms with van der Waals surface area (Å²) in [5, 5.41) is 4.05. The molecule has 1 aliphatic heterocycles. The second-order valence-corrected chi connectivity index (χ2v) is 5.72. The Morgan fingerprint density at radius 3 is 2.18 bits per heavy atom. The van der Waals surface area contributed by atoms with E-state index in [0.29, 0.717) is 0 Å². The van der Waals surface area contributed by atoms with Crippen LogP contribution in [0.1, 0.15) is 0 Å². The van der Waals surface area contributed by atoms with E-state index in [9.17, 15) is 4.79 Å². The highest BCUT2D eigenvalue weighted by Gasteiger charge is 2.17. The third kappa shape index (κ3) is 6.07. The first-order chi connectivity index (χ1) is 12.8. The molecule has 1 aliphatic rings. The Balaban J connectivity index is 0.000000423. The summed E-state index contributed by atoms with van der Waals surface area (Å²) >= 11 is 0. The number of fused-ring (bicyclic) bond motifs is 1. The first kappa shape index (κ1) is 23.7. The summed E-state index contributed by atoms with van der Waals surface area (Å²) in [6.07, 6.45) is 1.68. The van der Waals surface area contributed by atoms with E-state index >= 15 is 0 Å². The fraction of sp³-hybridized carbons (Fsp3) is 0.200. The number of amides is 2. The molecule has 150 valence electrons. The monoisotopic (exact) mass is 422 g/mol. The van der Waals surface area contributed by atoms with Gasteiger partial charge in [-0.3, -0.25) is 9.88 Å². The molecule has 3 N–H and O–H groups in total. The van der Waals surface area contributed by atoms with E-state index in [4.69, 9.17) is 10.5 Å². The number of nitrogens with two attached hydrogens (primary N) is 1. The van der Waals surface area contributed by atoms with Crippen molar-refractivity contribution in [2.24, 2.45) is 5.73 Å². The Labute approximate surface area is 176 Å². The lowest BCUT2D eigenvalue weighted by Gasteiger charge is -2.22. The van der Waals surface area contributed by atoms with Gasteiger partial charge in [-0.1, -0.05) is 36.4 Å². The van der Waals surface area contributed by atoms with Crippen molar-refractivity contribution in [1.29, 1.82) is 0 Å². The summed E-state index contributed by atoms with van der Waals surface area (Å²) < 4.78 is 5.01. The maximum absolute atomic E-state index is 11.9. The van der Waals surface area contributed by atoms with Crippen LogP contribution in [0.15, 0.2) is 66.9 Å². The smallest absolute Gasteiger partial charge is 0.323 e. The van der Waals surface area contributed by atoms with Crippen LogP contribution >= 0.6 is 24.8 Å². The highest BCUT2D eigenvalue weighted by Crippen LogP contribution is 2.30. The summed E-state index contributed by atoms with van der Waals surface area (Å²) in [6, 6.07) is 18.3. The minimum Gasteiger partial charge on any atom is -0.379 e. The number of pyridine rings is 1. The number of hydrogen-bond donors (Lipinski definition) is 2. The van der Waals surface area contributed by atoms with Crippen LogP contribution in [0, 0.1) is 0 Å². The predicted molar refractivity (Wildman–Crippen MR) is 118 cm³/mol. The van der Waals surface area contributed by atoms with Crippen molar-refractivity contribution in [3.63, 3.8) is 0 Å². The molecule has 3 aromatic rings. The first-order valence-corrected chi connectivity index (χ1v) is 8.54. The van der Waals surface area contributed by atoms with E-state index < -0.39 is 6.03 Å². The second kappa shape index (κ2) is 12.2. The van der Waals surface area contributed by atoms with E-state index in [1.807, 2.05) is 54.6 Å². The molecule has 0 radical (unpaired) electrons. The SMILES string of the molecule is C1COCCN1.Cl.Cl.NC(=O)N(c1ccccc1)c1ccnc2ccccc12. The molecule has 4 rings (SSSR count). The van der Waals surface area contributed by atoms with Gasteiger partial charge >= 0.3 is 6.03 Å². The lowest BCUT2D eigenvalue weighted by atomic mass is 10.1. The molecule has 6 nitrogen and oxygen atoms in total. The molecule has 28 heavy (non-hydrogen) atoms. The molecular weight excluding hydrogens is 399 g/mol. The van der Waals surface area contributed by atoms with E-state index in [1.54, 1.807) is 12.3 Å². The Kier molecular flexibility index (Phi) is 10.3. The van der Waals surface area contributed by atoms with Gasteiger partial charge in [0.25, 0.3) is 0 Å². The number of halogens is 2. The molecular formula is C20H24Cl2N4O2. The van der Waals surface area contributed by atoms with Crippen molar-refractivity contribution in [1.82, 2.24) is 10.3 Å². The third-order valence-electron chi connectivity index (χ3n) is 3.95. The molecule has 8 heteroatoms. The lowest BCUT2D eigenvalue weighted by Crippen LogP contribution is -2.31. The molecule has 2 aromatic carbocycles. The maximum atomic E-state index is 11.9. The van der Waals surface area contributed by atoms with Crippen LogP contribution in [0.4, 0.5) is 16.2 Å². The van der Waals surface area contributed by atoms with E-state index in [0.717, 1.165) is 48.6 Å². The van der Waals surface area contributed by atoms with Gasteiger partial charge in [-0.15, -0.1) is 24.8 Å². The first-order valence-electron chi connectivity index (χ1n) is 8.54. The van der Waals surface area contributed by atoms with E-state index in [-0.39, 0.29) is 24.8 Å². The summed E-state index contributed by atoms with van der Waals surface area (Å²) in [6.45, 7) is 3.83. The van der Waals surface area contributed by atoms with E-state index in [1.165, 1.54) is 4.90 Å². The van der Waals surface area contributed by atoms with Crippen molar-refractivity contribution in [2.75, 3.05) is 31.2 Å². The molecule has 0 saturated carbocycles. The van der Waals surface area contributed by atoms with Gasteiger partial charge in [0, 0.05) is 24.7 Å². The molecule has 0 unspecified atom stereocenters. The Morgan fingerprint density at radius 1 is 0.964 bits per heavy atom. The van der Waals surface area contributed by atoms with Gasteiger partial charge in [0.2, 0.25) is 0 Å². The Hall–Kier alpha value is -2.38. The fourth-order valence-electron chi connectivity index (χ4n) is 2.75. The molecule has 1 saturated heterocycles. The van der Waals surface area contributed by atoms with Gasteiger partial charge in [-0.05, 0) is 24.3 Å². The van der Waals surface area contributed by atoms with Crippen LogP contribution in [-0.4, -0.2) is 37.3 Å². The molecule has 2 amide bonds. The number of anilines is 2. The topological polar surface area (TPSA) is 80.5 Å². The molecule has 1 fully saturated rings. The van der Waals surface area contributed by atoms with Crippen molar-refractivity contribution in [2.45, 2.75) is 0 Å². The molecule has 2 heterocycles. The summed E-state index contributed by atoms with van der Waals surface area (Å²) in [5.74, 6) is 0. The van der Waals surface area contributed by atoms with Crippen LogP contribution in [-0.2, 0) is 4.74 Å². The number of benzene rings is 2. The number of ether oxygens (including phenoxy) is 1. The van der Waals surface area contributed by atoms with Crippen molar-refractivity contribution in [3.05, 3.63) is 66.9 Å². The Morgan fingerprint density at radius 2 is 1.61 bits per heavy atom. The number of urea groups is 1. The standard InChI is InChI=1S/C16H13N3O.C4H9NO.2ClH/c17-16(20)19(12-6-2-1-3-7-12)15-10-11-18-14-9-5-4-8-13(14)15;1-3-6-4-2-5-1;;/h1-11H,(H2,17,20);5H,1-4H2;2*1H. The number of hydrogen-bond acceptors (Lipinski definition) is 4. The number of carbonyl (C=O) groups excluding carboxylic acids is 1. The zero-order valence-electron chi connectivity index (χ0n) is 15.3. The second-order valence-electron chi connectivity index (χ2n) is 5.72. The average Bonchev–Trinajstić information content (AvgIpc) is 2.71. The van der Waals surface area contributed by atoms with Gasteiger partial charge in [0.15, 0.2) is 0 Å². The highest BCUT2D eigenvalue weighted by atomic mass is 35.5. The summed E-state index contributed by atoms with van der Waals surface area (Å²) in [5.41, 5.74) is 7.85. The number of nitrogens with zero attached hydrogens (tertiary/aromatic N) is 2. The number of morpholine rings is 1. The summed E-state index contributed by atoms with van der Waals surface area (Å²) in [7, 11) is 0. The number of rotatable bonds is 2. The van der Waals surface area contributed by atoms with Gasteiger partial charge in [0.05, 0.1) is 30.1 Å². The number of nitrogens with one attached hydrogen (secondary N) is 1. The molecule has 0 bridgehead atoms. The van der Waals surface area contributed by atoms with Gasteiger partial charge in [-0.2, -0.15) is 0 Å². The minimum atomic E-state index is -0.521. The van der Waals surface area contributed by atoms with Gasteiger partial charge in [0.1, 0.15) is 0 Å². The lowest BCUT2D eigenvalue weighted by molar-refractivity contribution is 0.109. The number of para-hydroxylation sites is 2. The van der Waals surface area contributed by atoms with Crippen molar-refractivity contribution < 1.29 is 9.53 Å². The van der Waals surface area contributed by atoms with E-state index in [2.05, 4.69) is 10.3 Å². The van der Waals surface area contributed by atoms with Crippen molar-refractivity contribution in [3.8, 4) is 0 Å². The Bertz CT molecular complexity index is 844. The molecule has 0 atom stereocenters. The van der Waals surface area contributed by atoms with Crippen LogP contribution in [0.5, 0.6) is 0 Å². The zero-order chi connectivity index (χ0) is 18.2. The highest BCUT2D eigenvalue weighted by molar-refractivity contribution is 6.06. The molecule has 0 spiro atoms. The number of carbonyl (C=O) groups is 1.